The first-order valence-electron chi connectivity index (χ1n) is 9.51. The molecule has 0 aliphatic rings. The van der Waals surface area contributed by atoms with Crippen molar-refractivity contribution < 1.29 is 9.36 Å². The molecule has 150 valence electrons. The molecule has 29 heavy (non-hydrogen) atoms. The van der Waals surface area contributed by atoms with Crippen LogP contribution in [0.2, 0.25) is 0 Å². The van der Waals surface area contributed by atoms with E-state index in [9.17, 15) is 14.4 Å². The molecule has 3 rings (SSSR count). The number of ketones is 1. The number of anilines is 1. The summed E-state index contributed by atoms with van der Waals surface area (Å²) in [5.41, 5.74) is 7.70. The Balaban J connectivity index is 2.11. The number of aryl methyl sites for hydroxylation is 1. The van der Waals surface area contributed by atoms with E-state index in [1.54, 1.807) is 17.7 Å². The van der Waals surface area contributed by atoms with Crippen LogP contribution in [0.15, 0.2) is 58.3 Å². The maximum absolute atomic E-state index is 13.1. The normalized spacial score (nSPS) is 10.9. The van der Waals surface area contributed by atoms with E-state index < -0.39 is 17.0 Å². The fourth-order valence-corrected chi connectivity index (χ4v) is 3.33. The predicted octanol–water partition coefficient (Wildman–Crippen LogP) is 1.45. The largest absolute Gasteiger partial charge is 0.384 e. The number of pyridine rings is 1. The summed E-state index contributed by atoms with van der Waals surface area (Å²) < 4.78 is 4.13. The lowest BCUT2D eigenvalue weighted by molar-refractivity contribution is -0.689. The standard InChI is InChI=1S/C22H24N4O3/c1-4-25-21(28)19(18(27)14-24-12-8-9-15(2)16(24)3)20(23)26(22(25)29)13-17-10-6-5-7-11-17/h5-12H,4,13-14H2,1-3H3,(H-,23,27,28)/p+1. The van der Waals surface area contributed by atoms with Crippen molar-refractivity contribution >= 4 is 11.6 Å². The van der Waals surface area contributed by atoms with Crippen LogP contribution in [-0.2, 0) is 19.6 Å². The van der Waals surface area contributed by atoms with E-state index in [1.807, 2.05) is 56.3 Å². The molecular formula is C22H25N4O3+. The van der Waals surface area contributed by atoms with Crippen LogP contribution in [0.25, 0.3) is 0 Å². The topological polar surface area (TPSA) is 91.0 Å². The summed E-state index contributed by atoms with van der Waals surface area (Å²) in [6, 6.07) is 13.1. The Labute approximate surface area is 168 Å². The average Bonchev–Trinajstić information content (AvgIpc) is 2.70. The Bertz CT molecular complexity index is 1180. The minimum Gasteiger partial charge on any atom is -0.384 e. The highest BCUT2D eigenvalue weighted by atomic mass is 16.2. The van der Waals surface area contributed by atoms with E-state index >= 15 is 0 Å². The van der Waals surface area contributed by atoms with E-state index in [4.69, 9.17) is 5.73 Å². The van der Waals surface area contributed by atoms with Gasteiger partial charge in [-0.05, 0) is 25.5 Å². The van der Waals surface area contributed by atoms with E-state index in [1.165, 1.54) is 4.57 Å². The molecule has 7 nitrogen and oxygen atoms in total. The Morgan fingerprint density at radius 3 is 2.38 bits per heavy atom. The van der Waals surface area contributed by atoms with Crippen molar-refractivity contribution in [2.45, 2.75) is 40.4 Å². The number of Topliss-reactive ketones (excluding diaryl/α,β-unsaturated/α-hetero) is 1. The number of aromatic nitrogens is 3. The van der Waals surface area contributed by atoms with Crippen molar-refractivity contribution in [2.24, 2.45) is 0 Å². The van der Waals surface area contributed by atoms with Gasteiger partial charge in [0.05, 0.1) is 6.54 Å². The summed E-state index contributed by atoms with van der Waals surface area (Å²) in [6.45, 7) is 5.87. The van der Waals surface area contributed by atoms with Crippen LogP contribution in [-0.4, -0.2) is 14.9 Å². The van der Waals surface area contributed by atoms with Crippen molar-refractivity contribution in [3.8, 4) is 0 Å². The molecule has 0 unspecified atom stereocenters. The van der Waals surface area contributed by atoms with E-state index in [-0.39, 0.29) is 31.0 Å². The SMILES string of the molecule is CCn1c(=O)c(C(=O)C[n+]2cccc(C)c2C)c(N)n(Cc2ccccc2)c1=O. The first kappa shape index (κ1) is 20.3. The van der Waals surface area contributed by atoms with Gasteiger partial charge in [-0.3, -0.25) is 18.7 Å². The van der Waals surface area contributed by atoms with Crippen molar-refractivity contribution in [2.75, 3.05) is 5.73 Å². The molecule has 0 radical (unpaired) electrons. The summed E-state index contributed by atoms with van der Waals surface area (Å²) in [5.74, 6) is -0.514. The van der Waals surface area contributed by atoms with E-state index in [0.29, 0.717) is 0 Å². The quantitative estimate of drug-likeness (QED) is 0.507. The molecule has 0 atom stereocenters. The van der Waals surface area contributed by atoms with Crippen LogP contribution in [0.1, 0.15) is 34.1 Å². The van der Waals surface area contributed by atoms with Gasteiger partial charge >= 0.3 is 5.69 Å². The summed E-state index contributed by atoms with van der Waals surface area (Å²) in [4.78, 5) is 38.8. The zero-order valence-corrected chi connectivity index (χ0v) is 16.9. The van der Waals surface area contributed by atoms with Gasteiger partial charge in [-0.25, -0.2) is 4.79 Å². The highest BCUT2D eigenvalue weighted by Crippen LogP contribution is 2.10. The maximum Gasteiger partial charge on any atom is 0.332 e. The zero-order valence-electron chi connectivity index (χ0n) is 16.9. The number of nitrogen functional groups attached to an aromatic ring is 1. The van der Waals surface area contributed by atoms with Gasteiger partial charge in [-0.15, -0.1) is 0 Å². The number of carbonyl (C=O) groups excluding carboxylic acids is 1. The molecule has 0 aliphatic carbocycles. The van der Waals surface area contributed by atoms with Crippen LogP contribution in [0.4, 0.5) is 5.82 Å². The number of hydrogen-bond donors (Lipinski definition) is 1. The maximum atomic E-state index is 13.1. The second-order valence-corrected chi connectivity index (χ2v) is 6.99. The second kappa shape index (κ2) is 8.26. The highest BCUT2D eigenvalue weighted by Gasteiger charge is 2.25. The second-order valence-electron chi connectivity index (χ2n) is 6.99. The minimum atomic E-state index is -0.643. The number of nitrogens with two attached hydrogens (primary N) is 1. The third-order valence-electron chi connectivity index (χ3n) is 5.17. The smallest absolute Gasteiger partial charge is 0.332 e. The third kappa shape index (κ3) is 3.89. The summed E-state index contributed by atoms with van der Waals surface area (Å²) >= 11 is 0. The van der Waals surface area contributed by atoms with Crippen molar-refractivity contribution in [1.29, 1.82) is 0 Å². The predicted molar refractivity (Wildman–Crippen MR) is 111 cm³/mol. The lowest BCUT2D eigenvalue weighted by Gasteiger charge is -2.15. The summed E-state index contributed by atoms with van der Waals surface area (Å²) in [6.07, 6.45) is 1.79. The molecule has 2 N–H and O–H groups in total. The lowest BCUT2D eigenvalue weighted by Crippen LogP contribution is -2.47. The zero-order chi connectivity index (χ0) is 21.1. The van der Waals surface area contributed by atoms with Crippen LogP contribution < -0.4 is 21.5 Å². The molecule has 0 bridgehead atoms. The molecule has 0 fully saturated rings. The molecule has 0 saturated carbocycles. The molecule has 2 heterocycles. The van der Waals surface area contributed by atoms with Crippen LogP contribution in [0.3, 0.4) is 0 Å². The average molecular weight is 393 g/mol. The van der Waals surface area contributed by atoms with E-state index in [0.717, 1.165) is 21.4 Å². The van der Waals surface area contributed by atoms with Gasteiger partial charge in [0.25, 0.3) is 5.56 Å². The molecule has 0 saturated heterocycles. The number of hydrogen-bond acceptors (Lipinski definition) is 4. The monoisotopic (exact) mass is 393 g/mol. The molecule has 0 amide bonds. The van der Waals surface area contributed by atoms with Crippen LogP contribution >= 0.6 is 0 Å². The van der Waals surface area contributed by atoms with Crippen molar-refractivity contribution in [1.82, 2.24) is 9.13 Å². The molecule has 7 heteroatoms. The van der Waals surface area contributed by atoms with Gasteiger partial charge < -0.3 is 5.73 Å². The number of nitrogens with zero attached hydrogens (tertiary/aromatic N) is 3. The van der Waals surface area contributed by atoms with Crippen LogP contribution in [0.5, 0.6) is 0 Å². The van der Waals surface area contributed by atoms with Gasteiger partial charge in [0, 0.05) is 25.1 Å². The van der Waals surface area contributed by atoms with Crippen molar-refractivity contribution in [3.05, 3.63) is 91.9 Å². The first-order chi connectivity index (χ1) is 13.8. The number of carbonyl (C=O) groups is 1. The number of benzene rings is 1. The van der Waals surface area contributed by atoms with Crippen molar-refractivity contribution in [3.63, 3.8) is 0 Å². The summed E-state index contributed by atoms with van der Waals surface area (Å²) in [7, 11) is 0. The van der Waals surface area contributed by atoms with Gasteiger partial charge in [0.15, 0.2) is 11.9 Å². The highest BCUT2D eigenvalue weighted by molar-refractivity contribution is 5.98. The van der Waals surface area contributed by atoms with E-state index in [2.05, 4.69) is 0 Å². The Kier molecular flexibility index (Phi) is 5.77. The number of rotatable bonds is 6. The molecule has 1 aromatic carbocycles. The Hall–Kier alpha value is -3.48. The molecular weight excluding hydrogens is 368 g/mol. The molecule has 0 spiro atoms. The van der Waals surface area contributed by atoms with Gasteiger partial charge in [-0.1, -0.05) is 30.3 Å². The third-order valence-corrected chi connectivity index (χ3v) is 5.17. The molecule has 0 aliphatic heterocycles. The Morgan fingerprint density at radius 2 is 1.72 bits per heavy atom. The Morgan fingerprint density at radius 1 is 1.03 bits per heavy atom. The van der Waals surface area contributed by atoms with Gasteiger partial charge in [0.1, 0.15) is 11.4 Å². The minimum absolute atomic E-state index is 0.0276. The lowest BCUT2D eigenvalue weighted by atomic mass is 10.1. The van der Waals surface area contributed by atoms with Gasteiger partial charge in [0.2, 0.25) is 12.3 Å². The fourth-order valence-electron chi connectivity index (χ4n) is 3.33. The molecule has 2 aromatic heterocycles. The summed E-state index contributed by atoms with van der Waals surface area (Å²) in [5, 5.41) is 0. The molecule has 3 aromatic rings. The fraction of sp³-hybridized carbons (Fsp3) is 0.273. The van der Waals surface area contributed by atoms with Gasteiger partial charge in [-0.2, -0.15) is 4.57 Å². The first-order valence-corrected chi connectivity index (χ1v) is 9.51. The van der Waals surface area contributed by atoms with Crippen LogP contribution in [0, 0.1) is 13.8 Å².